The van der Waals surface area contributed by atoms with E-state index in [0.29, 0.717) is 55.6 Å². The molecule has 1 atom stereocenters. The van der Waals surface area contributed by atoms with Gasteiger partial charge in [-0.25, -0.2) is 4.98 Å². The van der Waals surface area contributed by atoms with Crippen molar-refractivity contribution >= 4 is 11.8 Å². The van der Waals surface area contributed by atoms with Crippen molar-refractivity contribution in [1.29, 1.82) is 0 Å². The number of unbranched alkanes of at least 4 members (excludes halogenated alkanes) is 1. The van der Waals surface area contributed by atoms with Gasteiger partial charge in [-0.1, -0.05) is 29.5 Å². The summed E-state index contributed by atoms with van der Waals surface area (Å²) in [6.45, 7) is 1.27. The highest BCUT2D eigenvalue weighted by atomic mass is 16.5. The Morgan fingerprint density at radius 3 is 2.88 bits per heavy atom. The summed E-state index contributed by atoms with van der Waals surface area (Å²) in [5, 5.41) is 17.7. The monoisotopic (exact) mass is 448 g/mol. The van der Waals surface area contributed by atoms with Gasteiger partial charge in [-0.05, 0) is 19.3 Å². The van der Waals surface area contributed by atoms with E-state index in [1.165, 1.54) is 0 Å². The second-order valence-corrected chi connectivity index (χ2v) is 7.50. The van der Waals surface area contributed by atoms with Gasteiger partial charge in [0.1, 0.15) is 5.69 Å². The first kappa shape index (κ1) is 22.2. The molecule has 0 aromatic carbocycles. The standard InChI is InChI=1S/C22H24N8O3/c31-18(8-5-9-19-27-21(30-33-19)17-14-23-12-13-24-17)25-10-3-4-11-26-20-15-6-1-2-7-16(15)22(32)29-28-20/h1-2,6-7,12-14,16,26H,3-5,8-11H2,(H,25,31). The lowest BCUT2D eigenvalue weighted by molar-refractivity contribution is -0.121. The van der Waals surface area contributed by atoms with Crippen LogP contribution in [0.25, 0.3) is 11.5 Å². The topological polar surface area (TPSA) is 148 Å². The summed E-state index contributed by atoms with van der Waals surface area (Å²) in [6, 6.07) is 0. The first-order valence-electron chi connectivity index (χ1n) is 10.8. The van der Waals surface area contributed by atoms with E-state index in [4.69, 9.17) is 4.52 Å². The molecule has 11 nitrogen and oxygen atoms in total. The third kappa shape index (κ3) is 6.03. The van der Waals surface area contributed by atoms with Gasteiger partial charge in [-0.15, -0.1) is 10.2 Å². The summed E-state index contributed by atoms with van der Waals surface area (Å²) in [7, 11) is 0. The molecule has 33 heavy (non-hydrogen) atoms. The number of hydrogen-bond acceptors (Lipinski definition) is 9. The Balaban J connectivity index is 1.09. The highest BCUT2D eigenvalue weighted by Crippen LogP contribution is 2.27. The van der Waals surface area contributed by atoms with Gasteiger partial charge in [-0.3, -0.25) is 14.6 Å². The van der Waals surface area contributed by atoms with Crippen LogP contribution in [-0.2, 0) is 16.0 Å². The van der Waals surface area contributed by atoms with Crippen LogP contribution in [0.3, 0.4) is 0 Å². The summed E-state index contributed by atoms with van der Waals surface area (Å²) in [6.07, 6.45) is 15.3. The average molecular weight is 448 g/mol. The highest BCUT2D eigenvalue weighted by Gasteiger charge is 2.26. The summed E-state index contributed by atoms with van der Waals surface area (Å²) < 4.78 is 5.20. The van der Waals surface area contributed by atoms with Crippen LogP contribution in [0.5, 0.6) is 0 Å². The molecule has 3 heterocycles. The van der Waals surface area contributed by atoms with E-state index in [1.807, 2.05) is 24.3 Å². The van der Waals surface area contributed by atoms with Crippen LogP contribution in [0, 0.1) is 5.92 Å². The first-order valence-corrected chi connectivity index (χ1v) is 10.8. The van der Waals surface area contributed by atoms with Crippen molar-refractivity contribution < 1.29 is 14.1 Å². The maximum Gasteiger partial charge on any atom is 0.276 e. The minimum Gasteiger partial charge on any atom is -0.368 e. The zero-order valence-electron chi connectivity index (χ0n) is 18.0. The minimum absolute atomic E-state index is 0.0110. The summed E-state index contributed by atoms with van der Waals surface area (Å²) >= 11 is 0. The van der Waals surface area contributed by atoms with Crippen molar-refractivity contribution in [2.45, 2.75) is 32.1 Å². The van der Waals surface area contributed by atoms with Crippen molar-refractivity contribution in [2.24, 2.45) is 16.1 Å². The molecule has 11 heteroatoms. The Labute approximate surface area is 190 Å². The lowest BCUT2D eigenvalue weighted by Gasteiger charge is -2.20. The molecule has 1 aliphatic heterocycles. The number of aryl methyl sites for hydroxylation is 1. The van der Waals surface area contributed by atoms with Gasteiger partial charge >= 0.3 is 0 Å². The maximum absolute atomic E-state index is 12.0. The number of nitrogens with zero attached hydrogens (tertiary/aromatic N) is 6. The third-order valence-electron chi connectivity index (χ3n) is 5.09. The van der Waals surface area contributed by atoms with Crippen molar-refractivity contribution in [3.05, 3.63) is 60.2 Å². The van der Waals surface area contributed by atoms with E-state index in [2.05, 4.69) is 41.0 Å². The van der Waals surface area contributed by atoms with E-state index in [9.17, 15) is 9.59 Å². The number of rotatable bonds is 11. The molecule has 2 aromatic rings. The SMILES string of the molecule is O=C(CCCc1nc(-c2cnccn2)no1)NCCCCNC1=C2C=CC=CC2C(=O)N=N1. The number of fused-ring (bicyclic) bond motifs is 1. The third-order valence-corrected chi connectivity index (χ3v) is 5.09. The van der Waals surface area contributed by atoms with E-state index in [-0.39, 0.29) is 17.7 Å². The molecule has 1 aliphatic carbocycles. The maximum atomic E-state index is 12.0. The fourth-order valence-electron chi connectivity index (χ4n) is 3.39. The largest absolute Gasteiger partial charge is 0.368 e. The van der Waals surface area contributed by atoms with E-state index >= 15 is 0 Å². The van der Waals surface area contributed by atoms with Crippen LogP contribution < -0.4 is 10.6 Å². The fourth-order valence-corrected chi connectivity index (χ4v) is 3.39. The number of aromatic nitrogens is 4. The van der Waals surface area contributed by atoms with Crippen LogP contribution >= 0.6 is 0 Å². The van der Waals surface area contributed by atoms with Gasteiger partial charge in [0.25, 0.3) is 5.91 Å². The molecular formula is C22H24N8O3. The smallest absolute Gasteiger partial charge is 0.276 e. The van der Waals surface area contributed by atoms with Crippen LogP contribution in [-0.4, -0.2) is 45.0 Å². The Kier molecular flexibility index (Phi) is 7.41. The Hall–Kier alpha value is -4.02. The number of azo groups is 1. The number of carbonyl (C=O) groups is 2. The number of nitrogens with one attached hydrogen (secondary N) is 2. The van der Waals surface area contributed by atoms with E-state index < -0.39 is 0 Å². The summed E-state index contributed by atoms with van der Waals surface area (Å²) in [5.74, 6) is 0.886. The second kappa shape index (κ2) is 11.0. The van der Waals surface area contributed by atoms with Gasteiger partial charge in [-0.2, -0.15) is 4.98 Å². The lowest BCUT2D eigenvalue weighted by Crippen LogP contribution is -2.26. The molecule has 1 unspecified atom stereocenters. The molecule has 2 N–H and O–H groups in total. The Bertz CT molecular complexity index is 1100. The highest BCUT2D eigenvalue weighted by molar-refractivity contribution is 5.86. The molecule has 0 spiro atoms. The molecule has 170 valence electrons. The molecule has 0 saturated carbocycles. The number of carbonyl (C=O) groups excluding carboxylic acids is 2. The first-order chi connectivity index (χ1) is 16.2. The number of amides is 2. The molecule has 2 amide bonds. The van der Waals surface area contributed by atoms with Crippen molar-refractivity contribution in [3.63, 3.8) is 0 Å². The van der Waals surface area contributed by atoms with E-state index in [1.54, 1.807) is 18.6 Å². The minimum atomic E-state index is -0.347. The predicted octanol–water partition coefficient (Wildman–Crippen LogP) is 2.28. The number of hydrogen-bond donors (Lipinski definition) is 2. The van der Waals surface area contributed by atoms with E-state index in [0.717, 1.165) is 18.4 Å². The van der Waals surface area contributed by atoms with Crippen LogP contribution in [0.1, 0.15) is 31.6 Å². The van der Waals surface area contributed by atoms with Crippen molar-refractivity contribution in [2.75, 3.05) is 13.1 Å². The second-order valence-electron chi connectivity index (χ2n) is 7.50. The molecule has 0 bridgehead atoms. The predicted molar refractivity (Wildman–Crippen MR) is 117 cm³/mol. The molecular weight excluding hydrogens is 424 g/mol. The molecule has 0 saturated heterocycles. The van der Waals surface area contributed by atoms with Gasteiger partial charge in [0.15, 0.2) is 5.82 Å². The van der Waals surface area contributed by atoms with Crippen molar-refractivity contribution in [1.82, 2.24) is 30.7 Å². The fraction of sp³-hybridized carbons (Fsp3) is 0.364. The van der Waals surface area contributed by atoms with Gasteiger partial charge in [0, 0.05) is 43.9 Å². The molecule has 4 rings (SSSR count). The summed E-state index contributed by atoms with van der Waals surface area (Å²) in [5.41, 5.74) is 1.39. The van der Waals surface area contributed by atoms with Gasteiger partial charge in [0.2, 0.25) is 17.6 Å². The Morgan fingerprint density at radius 2 is 2.00 bits per heavy atom. The average Bonchev–Trinajstić information content (AvgIpc) is 3.32. The Morgan fingerprint density at radius 1 is 1.09 bits per heavy atom. The quantitative estimate of drug-likeness (QED) is 0.498. The van der Waals surface area contributed by atoms with Crippen LogP contribution in [0.2, 0.25) is 0 Å². The van der Waals surface area contributed by atoms with Gasteiger partial charge < -0.3 is 15.2 Å². The lowest BCUT2D eigenvalue weighted by atomic mass is 9.93. The van der Waals surface area contributed by atoms with Gasteiger partial charge in [0.05, 0.1) is 12.1 Å². The number of allylic oxidation sites excluding steroid dienone is 3. The zero-order valence-corrected chi connectivity index (χ0v) is 18.0. The molecule has 2 aromatic heterocycles. The molecule has 0 fully saturated rings. The molecule has 2 aliphatic rings. The zero-order chi connectivity index (χ0) is 22.9. The van der Waals surface area contributed by atoms with Crippen LogP contribution in [0.15, 0.2) is 69.0 Å². The normalized spacial score (nSPS) is 16.7. The summed E-state index contributed by atoms with van der Waals surface area (Å²) in [4.78, 5) is 36.2. The molecule has 0 radical (unpaired) electrons. The van der Waals surface area contributed by atoms with Crippen molar-refractivity contribution in [3.8, 4) is 11.5 Å². The van der Waals surface area contributed by atoms with Crippen LogP contribution in [0.4, 0.5) is 0 Å².